The number of benzene rings is 1. The first-order chi connectivity index (χ1) is 7.74. The molecule has 1 heterocycles. The average molecular weight is 297 g/mol. The molecule has 2 nitrogen and oxygen atoms in total. The molecule has 2 rings (SSSR count). The summed E-state index contributed by atoms with van der Waals surface area (Å²) in [6.07, 6.45) is 3.69. The number of aromatic nitrogens is 1. The zero-order valence-corrected chi connectivity index (χ0v) is 11.2. The predicted octanol–water partition coefficient (Wildman–Crippen LogP) is 3.02. The summed E-state index contributed by atoms with van der Waals surface area (Å²) in [6.45, 7) is 0. The van der Waals surface area contributed by atoms with Crippen LogP contribution in [0.4, 0.5) is 0 Å². The summed E-state index contributed by atoms with van der Waals surface area (Å²) in [5, 5.41) is 0. The smallest absolute Gasteiger partial charge is 0.0794 e. The van der Waals surface area contributed by atoms with Gasteiger partial charge in [-0.15, -0.1) is 11.3 Å². The number of hydrogen-bond acceptors (Lipinski definition) is 3. The van der Waals surface area contributed by atoms with Crippen molar-refractivity contribution < 1.29 is 0 Å². The van der Waals surface area contributed by atoms with Crippen LogP contribution in [0.5, 0.6) is 0 Å². The van der Waals surface area contributed by atoms with E-state index < -0.39 is 0 Å². The van der Waals surface area contributed by atoms with Gasteiger partial charge in [0.2, 0.25) is 0 Å². The summed E-state index contributed by atoms with van der Waals surface area (Å²) in [6, 6.07) is 8.45. The predicted molar refractivity (Wildman–Crippen MR) is 71.6 cm³/mol. The molecule has 1 atom stereocenters. The lowest BCUT2D eigenvalue weighted by atomic mass is 10.0. The van der Waals surface area contributed by atoms with Gasteiger partial charge in [0.15, 0.2) is 0 Å². The monoisotopic (exact) mass is 296 g/mol. The van der Waals surface area contributed by atoms with Crippen LogP contribution in [0.3, 0.4) is 0 Å². The van der Waals surface area contributed by atoms with Crippen LogP contribution in [-0.4, -0.2) is 11.0 Å². The minimum Gasteiger partial charge on any atom is -0.327 e. The molecule has 0 aliphatic heterocycles. The zero-order chi connectivity index (χ0) is 11.4. The van der Waals surface area contributed by atoms with Crippen LogP contribution in [0.25, 0.3) is 0 Å². The van der Waals surface area contributed by atoms with Crippen molar-refractivity contribution >= 4 is 27.3 Å². The molecule has 1 aromatic heterocycles. The molecule has 84 valence electrons. The van der Waals surface area contributed by atoms with Crippen LogP contribution in [0.1, 0.15) is 10.4 Å². The molecule has 1 unspecified atom stereocenters. The van der Waals surface area contributed by atoms with Crippen molar-refractivity contribution in [3.8, 4) is 0 Å². The van der Waals surface area contributed by atoms with E-state index >= 15 is 0 Å². The van der Waals surface area contributed by atoms with Gasteiger partial charge in [-0.2, -0.15) is 0 Å². The summed E-state index contributed by atoms with van der Waals surface area (Å²) >= 11 is 5.13. The van der Waals surface area contributed by atoms with Crippen molar-refractivity contribution in [1.29, 1.82) is 0 Å². The Kier molecular flexibility index (Phi) is 4.09. The van der Waals surface area contributed by atoms with E-state index in [2.05, 4.69) is 33.0 Å². The fourth-order valence-electron chi connectivity index (χ4n) is 1.64. The lowest BCUT2D eigenvalue weighted by Crippen LogP contribution is -2.25. The van der Waals surface area contributed by atoms with Gasteiger partial charge in [-0.05, 0) is 30.5 Å². The van der Waals surface area contributed by atoms with Gasteiger partial charge in [-0.3, -0.25) is 4.98 Å². The minimum absolute atomic E-state index is 0.162. The maximum absolute atomic E-state index is 6.11. The Hall–Kier alpha value is -0.710. The largest absolute Gasteiger partial charge is 0.327 e. The maximum atomic E-state index is 6.11. The highest BCUT2D eigenvalue weighted by molar-refractivity contribution is 9.10. The number of thiazole rings is 1. The van der Waals surface area contributed by atoms with Crippen LogP contribution >= 0.6 is 27.3 Å². The molecule has 2 aromatic rings. The van der Waals surface area contributed by atoms with E-state index in [1.54, 1.807) is 11.3 Å². The summed E-state index contributed by atoms with van der Waals surface area (Å²) in [4.78, 5) is 5.30. The summed E-state index contributed by atoms with van der Waals surface area (Å²) in [5.74, 6) is 0. The SMILES string of the molecule is NC(Cc1cccc(Br)c1)Cc1cncs1. The molecule has 0 amide bonds. The van der Waals surface area contributed by atoms with E-state index in [0.29, 0.717) is 0 Å². The molecule has 0 saturated carbocycles. The van der Waals surface area contributed by atoms with Gasteiger partial charge in [0.1, 0.15) is 0 Å². The number of halogens is 1. The highest BCUT2D eigenvalue weighted by Crippen LogP contribution is 2.15. The Morgan fingerprint density at radius 1 is 1.38 bits per heavy atom. The van der Waals surface area contributed by atoms with Crippen molar-refractivity contribution in [2.45, 2.75) is 18.9 Å². The van der Waals surface area contributed by atoms with Gasteiger partial charge >= 0.3 is 0 Å². The van der Waals surface area contributed by atoms with E-state index in [4.69, 9.17) is 5.73 Å². The Bertz CT molecular complexity index is 442. The van der Waals surface area contributed by atoms with Crippen LogP contribution in [-0.2, 0) is 12.8 Å². The third kappa shape index (κ3) is 3.40. The molecule has 0 spiro atoms. The molecule has 2 N–H and O–H groups in total. The number of nitrogens with zero attached hydrogens (tertiary/aromatic N) is 1. The Labute approximate surface area is 108 Å². The first kappa shape index (κ1) is 11.8. The highest BCUT2D eigenvalue weighted by atomic mass is 79.9. The Morgan fingerprint density at radius 2 is 2.25 bits per heavy atom. The summed E-state index contributed by atoms with van der Waals surface area (Å²) in [7, 11) is 0. The van der Waals surface area contributed by atoms with Crippen LogP contribution in [0.15, 0.2) is 40.4 Å². The van der Waals surface area contributed by atoms with Gasteiger partial charge in [0, 0.05) is 21.6 Å². The summed E-state index contributed by atoms with van der Waals surface area (Å²) < 4.78 is 1.11. The Morgan fingerprint density at radius 3 is 2.94 bits per heavy atom. The molecular weight excluding hydrogens is 284 g/mol. The van der Waals surface area contributed by atoms with Crippen molar-refractivity contribution in [3.05, 3.63) is 50.9 Å². The topological polar surface area (TPSA) is 38.9 Å². The molecule has 0 bridgehead atoms. The maximum Gasteiger partial charge on any atom is 0.0794 e. The fraction of sp³-hybridized carbons (Fsp3) is 0.250. The Balaban J connectivity index is 1.94. The van der Waals surface area contributed by atoms with E-state index in [-0.39, 0.29) is 6.04 Å². The fourth-order valence-corrected chi connectivity index (χ4v) is 2.78. The number of hydrogen-bond donors (Lipinski definition) is 1. The zero-order valence-electron chi connectivity index (χ0n) is 8.77. The molecule has 0 aliphatic carbocycles. The molecule has 4 heteroatoms. The number of rotatable bonds is 4. The van der Waals surface area contributed by atoms with Crippen LogP contribution in [0, 0.1) is 0 Å². The second kappa shape index (κ2) is 5.57. The third-order valence-electron chi connectivity index (χ3n) is 2.33. The molecule has 1 aromatic carbocycles. The van der Waals surface area contributed by atoms with Crippen molar-refractivity contribution in [2.75, 3.05) is 0 Å². The van der Waals surface area contributed by atoms with Gasteiger partial charge in [-0.1, -0.05) is 28.1 Å². The molecule has 0 saturated heterocycles. The van der Waals surface area contributed by atoms with E-state index in [9.17, 15) is 0 Å². The van der Waals surface area contributed by atoms with E-state index in [1.165, 1.54) is 10.4 Å². The summed E-state index contributed by atoms with van der Waals surface area (Å²) in [5.41, 5.74) is 9.23. The minimum atomic E-state index is 0.162. The van der Waals surface area contributed by atoms with Gasteiger partial charge in [0.25, 0.3) is 0 Å². The van der Waals surface area contributed by atoms with E-state index in [1.807, 2.05) is 23.8 Å². The second-order valence-electron chi connectivity index (χ2n) is 3.77. The first-order valence-corrected chi connectivity index (χ1v) is 6.78. The van der Waals surface area contributed by atoms with E-state index in [0.717, 1.165) is 17.3 Å². The number of nitrogens with two attached hydrogens (primary N) is 1. The van der Waals surface area contributed by atoms with Gasteiger partial charge in [-0.25, -0.2) is 0 Å². The van der Waals surface area contributed by atoms with Crippen molar-refractivity contribution in [1.82, 2.24) is 4.98 Å². The molecule has 0 radical (unpaired) electrons. The van der Waals surface area contributed by atoms with Crippen LogP contribution < -0.4 is 5.73 Å². The highest BCUT2D eigenvalue weighted by Gasteiger charge is 2.06. The third-order valence-corrected chi connectivity index (χ3v) is 3.63. The second-order valence-corrected chi connectivity index (χ2v) is 5.65. The lowest BCUT2D eigenvalue weighted by molar-refractivity contribution is 0.670. The molecule has 0 aliphatic rings. The molecular formula is C12H13BrN2S. The molecule has 16 heavy (non-hydrogen) atoms. The lowest BCUT2D eigenvalue weighted by Gasteiger charge is -2.10. The van der Waals surface area contributed by atoms with Crippen LogP contribution in [0.2, 0.25) is 0 Å². The van der Waals surface area contributed by atoms with Crippen molar-refractivity contribution in [2.24, 2.45) is 5.73 Å². The van der Waals surface area contributed by atoms with Gasteiger partial charge < -0.3 is 5.73 Å². The quantitative estimate of drug-likeness (QED) is 0.942. The standard InChI is InChI=1S/C12H13BrN2S/c13-10-3-1-2-9(4-10)5-11(14)6-12-7-15-8-16-12/h1-4,7-8,11H,5-6,14H2. The normalized spacial score (nSPS) is 12.6. The first-order valence-electron chi connectivity index (χ1n) is 5.11. The molecule has 0 fully saturated rings. The van der Waals surface area contributed by atoms with Gasteiger partial charge in [0.05, 0.1) is 5.51 Å². The average Bonchev–Trinajstić information content (AvgIpc) is 2.70. The van der Waals surface area contributed by atoms with Crippen molar-refractivity contribution in [3.63, 3.8) is 0 Å².